The summed E-state index contributed by atoms with van der Waals surface area (Å²) < 4.78 is 55.5. The molecule has 0 spiro atoms. The third-order valence-electron chi connectivity index (χ3n) is 2.41. The second kappa shape index (κ2) is 6.65. The van der Waals surface area contributed by atoms with Crippen LogP contribution in [0.25, 0.3) is 0 Å². The van der Waals surface area contributed by atoms with Crippen LogP contribution in [0.4, 0.5) is 14.5 Å². The standard InChI is InChI=1S/C12H15F2NO4S/c1-3-19-12(16)8-15(20(17,18)4-2)11-6-9(13)5-10(14)7-11/h5-7H,3-4,8H2,1-2H3. The van der Waals surface area contributed by atoms with Crippen LogP contribution in [0, 0.1) is 11.6 Å². The van der Waals surface area contributed by atoms with Crippen LogP contribution in [-0.2, 0) is 19.6 Å². The molecule has 20 heavy (non-hydrogen) atoms. The molecule has 1 aromatic carbocycles. The number of carbonyl (C=O) groups excluding carboxylic acids is 1. The van der Waals surface area contributed by atoms with Gasteiger partial charge in [0.25, 0.3) is 0 Å². The Kier molecular flexibility index (Phi) is 5.43. The van der Waals surface area contributed by atoms with Crippen LogP contribution in [0.15, 0.2) is 18.2 Å². The van der Waals surface area contributed by atoms with E-state index in [-0.39, 0.29) is 18.0 Å². The van der Waals surface area contributed by atoms with E-state index < -0.39 is 34.2 Å². The normalized spacial score (nSPS) is 11.2. The van der Waals surface area contributed by atoms with E-state index in [2.05, 4.69) is 4.74 Å². The summed E-state index contributed by atoms with van der Waals surface area (Å²) in [4.78, 5) is 11.4. The first kappa shape index (κ1) is 16.4. The molecule has 0 fully saturated rings. The minimum Gasteiger partial charge on any atom is -0.465 e. The number of halogens is 2. The van der Waals surface area contributed by atoms with Gasteiger partial charge in [-0.3, -0.25) is 9.10 Å². The SMILES string of the molecule is CCOC(=O)CN(c1cc(F)cc(F)c1)S(=O)(=O)CC. The highest BCUT2D eigenvalue weighted by Gasteiger charge is 2.25. The van der Waals surface area contributed by atoms with Crippen LogP contribution in [0.1, 0.15) is 13.8 Å². The number of hydrogen-bond acceptors (Lipinski definition) is 4. The van der Waals surface area contributed by atoms with Gasteiger partial charge in [0.15, 0.2) is 0 Å². The van der Waals surface area contributed by atoms with Crippen LogP contribution in [0.2, 0.25) is 0 Å². The number of nitrogens with zero attached hydrogens (tertiary/aromatic N) is 1. The van der Waals surface area contributed by atoms with Gasteiger partial charge in [0.2, 0.25) is 10.0 Å². The van der Waals surface area contributed by atoms with Crippen molar-refractivity contribution < 1.29 is 26.7 Å². The molecule has 1 aromatic rings. The fourth-order valence-electron chi connectivity index (χ4n) is 1.51. The van der Waals surface area contributed by atoms with Crippen molar-refractivity contribution in [3.63, 3.8) is 0 Å². The largest absolute Gasteiger partial charge is 0.465 e. The van der Waals surface area contributed by atoms with Crippen LogP contribution in [0.5, 0.6) is 0 Å². The average molecular weight is 307 g/mol. The summed E-state index contributed by atoms with van der Waals surface area (Å²) in [6.07, 6.45) is 0. The molecule has 0 N–H and O–H groups in total. The first-order chi connectivity index (χ1) is 9.30. The van der Waals surface area contributed by atoms with Gasteiger partial charge >= 0.3 is 5.97 Å². The van der Waals surface area contributed by atoms with Crippen molar-refractivity contribution in [1.29, 1.82) is 0 Å². The molecule has 0 aliphatic rings. The van der Waals surface area contributed by atoms with Gasteiger partial charge in [0, 0.05) is 6.07 Å². The Hall–Kier alpha value is -1.70. The molecule has 0 amide bonds. The van der Waals surface area contributed by atoms with Crippen molar-refractivity contribution in [3.05, 3.63) is 29.8 Å². The van der Waals surface area contributed by atoms with Crippen molar-refractivity contribution in [3.8, 4) is 0 Å². The molecule has 5 nitrogen and oxygen atoms in total. The Morgan fingerprint density at radius 3 is 2.20 bits per heavy atom. The monoisotopic (exact) mass is 307 g/mol. The maximum atomic E-state index is 13.2. The smallest absolute Gasteiger partial charge is 0.326 e. The molecule has 0 saturated carbocycles. The lowest BCUT2D eigenvalue weighted by Crippen LogP contribution is -2.37. The van der Waals surface area contributed by atoms with E-state index in [1.807, 2.05) is 0 Å². The maximum Gasteiger partial charge on any atom is 0.326 e. The number of rotatable bonds is 6. The molecular weight excluding hydrogens is 292 g/mol. The van der Waals surface area contributed by atoms with Crippen LogP contribution < -0.4 is 4.31 Å². The van der Waals surface area contributed by atoms with Gasteiger partial charge in [-0.2, -0.15) is 0 Å². The zero-order valence-electron chi connectivity index (χ0n) is 11.1. The second-order valence-corrected chi connectivity index (χ2v) is 6.02. The predicted molar refractivity (Wildman–Crippen MR) is 69.8 cm³/mol. The van der Waals surface area contributed by atoms with Crippen molar-refractivity contribution >= 4 is 21.7 Å². The summed E-state index contributed by atoms with van der Waals surface area (Å²) in [5.74, 6) is -2.97. The quantitative estimate of drug-likeness (QED) is 0.750. The third kappa shape index (κ3) is 4.16. The van der Waals surface area contributed by atoms with E-state index in [1.54, 1.807) is 6.92 Å². The summed E-state index contributed by atoms with van der Waals surface area (Å²) in [7, 11) is -3.86. The minimum atomic E-state index is -3.86. The first-order valence-corrected chi connectivity index (χ1v) is 7.53. The summed E-state index contributed by atoms with van der Waals surface area (Å²) in [6.45, 7) is 2.38. The number of carbonyl (C=O) groups is 1. The molecule has 0 heterocycles. The summed E-state index contributed by atoms with van der Waals surface area (Å²) in [5, 5.41) is 0. The van der Waals surface area contributed by atoms with Gasteiger partial charge in [-0.15, -0.1) is 0 Å². The molecular formula is C12H15F2NO4S. The third-order valence-corrected chi connectivity index (χ3v) is 4.16. The Balaban J connectivity index is 3.20. The molecule has 0 aliphatic carbocycles. The highest BCUT2D eigenvalue weighted by molar-refractivity contribution is 7.92. The summed E-state index contributed by atoms with van der Waals surface area (Å²) in [6, 6.07) is 2.30. The number of anilines is 1. The Morgan fingerprint density at radius 1 is 1.20 bits per heavy atom. The number of hydrogen-bond donors (Lipinski definition) is 0. The highest BCUT2D eigenvalue weighted by Crippen LogP contribution is 2.21. The molecule has 0 aromatic heterocycles. The van der Waals surface area contributed by atoms with E-state index in [0.29, 0.717) is 10.4 Å². The van der Waals surface area contributed by atoms with E-state index in [9.17, 15) is 22.0 Å². The van der Waals surface area contributed by atoms with E-state index in [4.69, 9.17) is 0 Å². The lowest BCUT2D eigenvalue weighted by atomic mass is 10.3. The number of benzene rings is 1. The molecule has 1 rings (SSSR count). The molecule has 112 valence electrons. The van der Waals surface area contributed by atoms with Crippen molar-refractivity contribution in [2.75, 3.05) is 23.2 Å². The zero-order valence-corrected chi connectivity index (χ0v) is 11.9. The summed E-state index contributed by atoms with van der Waals surface area (Å²) >= 11 is 0. The maximum absolute atomic E-state index is 13.2. The Bertz CT molecular complexity index is 569. The van der Waals surface area contributed by atoms with Gasteiger partial charge in [-0.05, 0) is 26.0 Å². The molecule has 0 radical (unpaired) electrons. The number of ether oxygens (including phenoxy) is 1. The minimum absolute atomic E-state index is 0.0797. The topological polar surface area (TPSA) is 63.7 Å². The van der Waals surface area contributed by atoms with Gasteiger partial charge in [-0.1, -0.05) is 0 Å². The fraction of sp³-hybridized carbons (Fsp3) is 0.417. The fourth-order valence-corrected chi connectivity index (χ4v) is 2.55. The van der Waals surface area contributed by atoms with Crippen LogP contribution >= 0.6 is 0 Å². The number of esters is 1. The molecule has 0 bridgehead atoms. The first-order valence-electron chi connectivity index (χ1n) is 5.92. The number of sulfonamides is 1. The van der Waals surface area contributed by atoms with Crippen molar-refractivity contribution in [2.45, 2.75) is 13.8 Å². The van der Waals surface area contributed by atoms with Gasteiger partial charge in [0.05, 0.1) is 18.0 Å². The molecule has 8 heteroatoms. The zero-order chi connectivity index (χ0) is 15.3. The van der Waals surface area contributed by atoms with E-state index in [1.165, 1.54) is 6.92 Å². The molecule has 0 unspecified atom stereocenters. The molecule has 0 atom stereocenters. The molecule has 0 aliphatic heterocycles. The second-order valence-electron chi connectivity index (χ2n) is 3.84. The summed E-state index contributed by atoms with van der Waals surface area (Å²) in [5.41, 5.74) is -0.252. The van der Waals surface area contributed by atoms with Gasteiger partial charge in [0.1, 0.15) is 18.2 Å². The lowest BCUT2D eigenvalue weighted by molar-refractivity contribution is -0.141. The van der Waals surface area contributed by atoms with Crippen LogP contribution in [0.3, 0.4) is 0 Å². The van der Waals surface area contributed by atoms with Gasteiger partial charge in [-0.25, -0.2) is 17.2 Å². The average Bonchev–Trinajstić information content (AvgIpc) is 2.35. The molecule has 0 saturated heterocycles. The predicted octanol–water partition coefficient (Wildman–Crippen LogP) is 1.68. The lowest BCUT2D eigenvalue weighted by Gasteiger charge is -2.22. The highest BCUT2D eigenvalue weighted by atomic mass is 32.2. The van der Waals surface area contributed by atoms with Crippen molar-refractivity contribution in [1.82, 2.24) is 0 Å². The Morgan fingerprint density at radius 2 is 1.75 bits per heavy atom. The van der Waals surface area contributed by atoms with Gasteiger partial charge < -0.3 is 4.74 Å². The van der Waals surface area contributed by atoms with E-state index in [0.717, 1.165) is 12.1 Å². The van der Waals surface area contributed by atoms with E-state index >= 15 is 0 Å². The van der Waals surface area contributed by atoms with Crippen molar-refractivity contribution in [2.24, 2.45) is 0 Å². The van der Waals surface area contributed by atoms with Crippen LogP contribution in [-0.4, -0.2) is 33.3 Å². The Labute approximate surface area is 116 Å².